The molecule has 1 N–H and O–H groups in total. The molecule has 0 radical (unpaired) electrons. The van der Waals surface area contributed by atoms with Crippen molar-refractivity contribution < 1.29 is 4.74 Å². The average Bonchev–Trinajstić information content (AvgIpc) is 2.36. The molecule has 0 spiro atoms. The molecule has 0 saturated heterocycles. The van der Waals surface area contributed by atoms with Gasteiger partial charge in [-0.3, -0.25) is 0 Å². The van der Waals surface area contributed by atoms with Crippen molar-refractivity contribution >= 4 is 0 Å². The number of ether oxygens (including phenoxy) is 1. The van der Waals surface area contributed by atoms with Crippen LogP contribution in [-0.2, 0) is 6.54 Å². The fraction of sp³-hybridized carbons (Fsp3) is 0.389. The molecule has 21 heavy (non-hydrogen) atoms. The van der Waals surface area contributed by atoms with Crippen LogP contribution in [0.1, 0.15) is 37.6 Å². The maximum atomic E-state index is 5.81. The fourth-order valence-electron chi connectivity index (χ4n) is 1.97. The standard InChI is InChI=1S/C18H24N2O/c1-13-7-6-8-16(11-13)21-17-10-9-15(14(2)20-17)12-19-18(3,4)5/h6-11,19H,12H2,1-5H3. The Morgan fingerprint density at radius 3 is 2.48 bits per heavy atom. The zero-order chi connectivity index (χ0) is 15.5. The molecule has 1 heterocycles. The van der Waals surface area contributed by atoms with Gasteiger partial charge in [0.15, 0.2) is 0 Å². The second kappa shape index (κ2) is 6.27. The number of hydrogen-bond donors (Lipinski definition) is 1. The largest absolute Gasteiger partial charge is 0.439 e. The number of pyridine rings is 1. The van der Waals surface area contributed by atoms with Crippen LogP contribution in [0.3, 0.4) is 0 Å². The van der Waals surface area contributed by atoms with Gasteiger partial charge in [-0.2, -0.15) is 0 Å². The summed E-state index contributed by atoms with van der Waals surface area (Å²) in [5.41, 5.74) is 3.47. The smallest absolute Gasteiger partial charge is 0.219 e. The van der Waals surface area contributed by atoms with Gasteiger partial charge in [0, 0.05) is 23.8 Å². The van der Waals surface area contributed by atoms with Crippen LogP contribution in [0.5, 0.6) is 11.6 Å². The van der Waals surface area contributed by atoms with E-state index in [1.165, 1.54) is 11.1 Å². The monoisotopic (exact) mass is 284 g/mol. The molecule has 0 fully saturated rings. The Bertz CT molecular complexity index is 615. The number of aromatic nitrogens is 1. The summed E-state index contributed by atoms with van der Waals surface area (Å²) in [5.74, 6) is 1.46. The fourth-order valence-corrected chi connectivity index (χ4v) is 1.97. The predicted molar refractivity (Wildman–Crippen MR) is 86.8 cm³/mol. The normalized spacial score (nSPS) is 11.5. The van der Waals surface area contributed by atoms with Gasteiger partial charge in [0.05, 0.1) is 0 Å². The minimum absolute atomic E-state index is 0.100. The summed E-state index contributed by atoms with van der Waals surface area (Å²) < 4.78 is 5.81. The van der Waals surface area contributed by atoms with E-state index in [1.807, 2.05) is 44.2 Å². The first kappa shape index (κ1) is 15.5. The molecular formula is C18H24N2O. The Morgan fingerprint density at radius 1 is 1.10 bits per heavy atom. The van der Waals surface area contributed by atoms with Crippen LogP contribution in [-0.4, -0.2) is 10.5 Å². The van der Waals surface area contributed by atoms with E-state index in [0.29, 0.717) is 5.88 Å². The predicted octanol–water partition coefficient (Wildman–Crippen LogP) is 4.38. The maximum absolute atomic E-state index is 5.81. The Morgan fingerprint density at radius 2 is 1.86 bits per heavy atom. The molecule has 112 valence electrons. The molecule has 2 aromatic rings. The van der Waals surface area contributed by atoms with Crippen molar-refractivity contribution in [2.45, 2.75) is 46.7 Å². The van der Waals surface area contributed by atoms with Crippen molar-refractivity contribution in [2.75, 3.05) is 0 Å². The van der Waals surface area contributed by atoms with Crippen molar-refractivity contribution in [3.05, 3.63) is 53.2 Å². The molecule has 0 amide bonds. The number of nitrogens with one attached hydrogen (secondary N) is 1. The highest BCUT2D eigenvalue weighted by molar-refractivity contribution is 5.32. The molecule has 3 heteroatoms. The summed E-state index contributed by atoms with van der Waals surface area (Å²) >= 11 is 0. The number of benzene rings is 1. The molecule has 0 bridgehead atoms. The second-order valence-corrected chi connectivity index (χ2v) is 6.42. The van der Waals surface area contributed by atoms with Crippen molar-refractivity contribution in [3.63, 3.8) is 0 Å². The van der Waals surface area contributed by atoms with Gasteiger partial charge < -0.3 is 10.1 Å². The van der Waals surface area contributed by atoms with Crippen molar-refractivity contribution in [2.24, 2.45) is 0 Å². The van der Waals surface area contributed by atoms with E-state index in [4.69, 9.17) is 4.74 Å². The lowest BCUT2D eigenvalue weighted by atomic mass is 10.1. The first-order chi connectivity index (χ1) is 9.83. The summed E-state index contributed by atoms with van der Waals surface area (Å²) in [7, 11) is 0. The van der Waals surface area contributed by atoms with Gasteiger partial charge in [-0.05, 0) is 57.9 Å². The van der Waals surface area contributed by atoms with Crippen LogP contribution < -0.4 is 10.1 Å². The molecule has 0 aliphatic heterocycles. The summed E-state index contributed by atoms with van der Waals surface area (Å²) in [5, 5.41) is 3.47. The van der Waals surface area contributed by atoms with Gasteiger partial charge in [0.25, 0.3) is 0 Å². The number of nitrogens with zero attached hydrogens (tertiary/aromatic N) is 1. The lowest BCUT2D eigenvalue weighted by Crippen LogP contribution is -2.35. The van der Waals surface area contributed by atoms with Crippen LogP contribution in [0.4, 0.5) is 0 Å². The third kappa shape index (κ3) is 4.87. The van der Waals surface area contributed by atoms with E-state index >= 15 is 0 Å². The molecule has 2 rings (SSSR count). The molecule has 0 unspecified atom stereocenters. The molecule has 0 saturated carbocycles. The van der Waals surface area contributed by atoms with E-state index in [9.17, 15) is 0 Å². The first-order valence-electron chi connectivity index (χ1n) is 7.29. The van der Waals surface area contributed by atoms with Crippen molar-refractivity contribution in [3.8, 4) is 11.6 Å². The third-order valence-electron chi connectivity index (χ3n) is 3.19. The summed E-state index contributed by atoms with van der Waals surface area (Å²) in [6, 6.07) is 12.0. The van der Waals surface area contributed by atoms with E-state index in [2.05, 4.69) is 37.1 Å². The topological polar surface area (TPSA) is 34.1 Å². The van der Waals surface area contributed by atoms with Gasteiger partial charge in [-0.15, -0.1) is 0 Å². The van der Waals surface area contributed by atoms with E-state index in [1.54, 1.807) is 0 Å². The van der Waals surface area contributed by atoms with Crippen molar-refractivity contribution in [1.29, 1.82) is 0 Å². The van der Waals surface area contributed by atoms with Crippen LogP contribution in [0, 0.1) is 13.8 Å². The van der Waals surface area contributed by atoms with Crippen LogP contribution in [0.2, 0.25) is 0 Å². The Hall–Kier alpha value is -1.87. The quantitative estimate of drug-likeness (QED) is 0.904. The number of rotatable bonds is 4. The van der Waals surface area contributed by atoms with Gasteiger partial charge in [0.2, 0.25) is 5.88 Å². The number of hydrogen-bond acceptors (Lipinski definition) is 3. The lowest BCUT2D eigenvalue weighted by molar-refractivity contribution is 0.422. The lowest BCUT2D eigenvalue weighted by Gasteiger charge is -2.21. The van der Waals surface area contributed by atoms with E-state index < -0.39 is 0 Å². The molecule has 1 aromatic heterocycles. The number of aryl methyl sites for hydroxylation is 2. The minimum atomic E-state index is 0.100. The second-order valence-electron chi connectivity index (χ2n) is 6.42. The van der Waals surface area contributed by atoms with Crippen molar-refractivity contribution in [1.82, 2.24) is 10.3 Å². The molecular weight excluding hydrogens is 260 g/mol. The Labute approximate surface area is 127 Å². The highest BCUT2D eigenvalue weighted by Gasteiger charge is 2.10. The summed E-state index contributed by atoms with van der Waals surface area (Å²) in [6.07, 6.45) is 0. The molecule has 3 nitrogen and oxygen atoms in total. The molecule has 0 aliphatic carbocycles. The Balaban J connectivity index is 2.08. The van der Waals surface area contributed by atoms with Crippen LogP contribution in [0.25, 0.3) is 0 Å². The van der Waals surface area contributed by atoms with Gasteiger partial charge in [-0.1, -0.05) is 18.2 Å². The molecule has 0 aliphatic rings. The van der Waals surface area contributed by atoms with E-state index in [0.717, 1.165) is 18.0 Å². The summed E-state index contributed by atoms with van der Waals surface area (Å²) in [6.45, 7) is 11.4. The highest BCUT2D eigenvalue weighted by atomic mass is 16.5. The molecule has 1 aromatic carbocycles. The maximum Gasteiger partial charge on any atom is 0.219 e. The van der Waals surface area contributed by atoms with Gasteiger partial charge in [-0.25, -0.2) is 4.98 Å². The van der Waals surface area contributed by atoms with Gasteiger partial charge in [0.1, 0.15) is 5.75 Å². The van der Waals surface area contributed by atoms with Gasteiger partial charge >= 0.3 is 0 Å². The molecule has 0 atom stereocenters. The Kier molecular flexibility index (Phi) is 4.63. The van der Waals surface area contributed by atoms with E-state index in [-0.39, 0.29) is 5.54 Å². The first-order valence-corrected chi connectivity index (χ1v) is 7.29. The van der Waals surface area contributed by atoms with Crippen LogP contribution in [0.15, 0.2) is 36.4 Å². The zero-order valence-electron chi connectivity index (χ0n) is 13.5. The minimum Gasteiger partial charge on any atom is -0.439 e. The zero-order valence-corrected chi connectivity index (χ0v) is 13.5. The third-order valence-corrected chi connectivity index (χ3v) is 3.19. The SMILES string of the molecule is Cc1cccc(Oc2ccc(CNC(C)(C)C)c(C)n2)c1. The highest BCUT2D eigenvalue weighted by Crippen LogP contribution is 2.21. The average molecular weight is 284 g/mol. The van der Waals surface area contributed by atoms with Crippen LogP contribution >= 0.6 is 0 Å². The summed E-state index contributed by atoms with van der Waals surface area (Å²) in [4.78, 5) is 4.54.